The second-order valence-corrected chi connectivity index (χ2v) is 5.50. The van der Waals surface area contributed by atoms with Crippen molar-refractivity contribution in [3.63, 3.8) is 0 Å². The van der Waals surface area contributed by atoms with Gasteiger partial charge in [-0.25, -0.2) is 0 Å². The van der Waals surface area contributed by atoms with E-state index < -0.39 is 0 Å². The van der Waals surface area contributed by atoms with Crippen molar-refractivity contribution < 1.29 is 4.52 Å². The van der Waals surface area contributed by atoms with Gasteiger partial charge in [-0.2, -0.15) is 4.98 Å². The summed E-state index contributed by atoms with van der Waals surface area (Å²) in [6.07, 6.45) is 4.49. The first-order valence-corrected chi connectivity index (χ1v) is 6.50. The molecule has 0 aliphatic rings. The molecule has 2 rings (SSSR count). The Morgan fingerprint density at radius 3 is 2.79 bits per heavy atom. The molecule has 0 radical (unpaired) electrons. The fourth-order valence-corrected chi connectivity index (χ4v) is 1.70. The van der Waals surface area contributed by atoms with Crippen LogP contribution >= 0.6 is 0 Å². The minimum Gasteiger partial charge on any atom is -0.338 e. The molecule has 5 heteroatoms. The molecule has 0 saturated carbocycles. The number of aromatic nitrogens is 3. The quantitative estimate of drug-likeness (QED) is 0.915. The fourth-order valence-electron chi connectivity index (χ4n) is 1.70. The lowest BCUT2D eigenvalue weighted by Crippen LogP contribution is -2.35. The first-order chi connectivity index (χ1) is 8.99. The Kier molecular flexibility index (Phi) is 3.95. The number of nitrogens with one attached hydrogen (secondary N) is 1. The van der Waals surface area contributed by atoms with Crippen LogP contribution in [0.2, 0.25) is 0 Å². The zero-order valence-corrected chi connectivity index (χ0v) is 11.9. The minimum absolute atomic E-state index is 0.0277. The molecule has 5 nitrogen and oxygen atoms in total. The molecule has 0 bridgehead atoms. The molecule has 102 valence electrons. The highest BCUT2D eigenvalue weighted by molar-refractivity contribution is 5.58. The second-order valence-electron chi connectivity index (χ2n) is 5.50. The molecule has 0 saturated heterocycles. The number of hydrogen-bond acceptors (Lipinski definition) is 5. The summed E-state index contributed by atoms with van der Waals surface area (Å²) in [5.74, 6) is 1.23. The lowest BCUT2D eigenvalue weighted by molar-refractivity contribution is 0.336. The van der Waals surface area contributed by atoms with E-state index in [0.29, 0.717) is 18.3 Å². The van der Waals surface area contributed by atoms with Gasteiger partial charge in [-0.05, 0) is 38.8 Å². The van der Waals surface area contributed by atoms with Crippen molar-refractivity contribution in [1.82, 2.24) is 20.4 Å². The highest BCUT2D eigenvalue weighted by atomic mass is 16.5. The molecule has 0 atom stereocenters. The molecule has 2 heterocycles. The zero-order valence-electron chi connectivity index (χ0n) is 11.9. The van der Waals surface area contributed by atoms with Crippen LogP contribution in [0.15, 0.2) is 23.0 Å². The largest absolute Gasteiger partial charge is 0.338 e. The molecule has 0 amide bonds. The van der Waals surface area contributed by atoms with E-state index in [2.05, 4.69) is 48.1 Å². The molecule has 2 aromatic heterocycles. The summed E-state index contributed by atoms with van der Waals surface area (Å²) in [5, 5.41) is 7.36. The highest BCUT2D eigenvalue weighted by Crippen LogP contribution is 2.20. The predicted molar refractivity (Wildman–Crippen MR) is 73.5 cm³/mol. The number of pyridine rings is 1. The van der Waals surface area contributed by atoms with Crippen LogP contribution in [0.4, 0.5) is 0 Å². The van der Waals surface area contributed by atoms with Crippen LogP contribution in [0.5, 0.6) is 0 Å². The van der Waals surface area contributed by atoms with E-state index >= 15 is 0 Å². The molecular formula is C14H20N4O. The van der Waals surface area contributed by atoms with Gasteiger partial charge in [0, 0.05) is 23.5 Å². The third-order valence-corrected chi connectivity index (χ3v) is 2.76. The van der Waals surface area contributed by atoms with Gasteiger partial charge in [0.25, 0.3) is 0 Å². The van der Waals surface area contributed by atoms with Crippen molar-refractivity contribution in [2.75, 3.05) is 0 Å². The molecule has 2 aromatic rings. The van der Waals surface area contributed by atoms with Crippen molar-refractivity contribution in [2.45, 2.75) is 46.2 Å². The van der Waals surface area contributed by atoms with Gasteiger partial charge in [0.05, 0.1) is 6.54 Å². The average molecular weight is 260 g/mol. The van der Waals surface area contributed by atoms with Crippen LogP contribution in [0.1, 0.15) is 39.1 Å². The van der Waals surface area contributed by atoms with Gasteiger partial charge in [0.2, 0.25) is 11.7 Å². The fraction of sp³-hybridized carbons (Fsp3) is 0.500. The summed E-state index contributed by atoms with van der Waals surface area (Å²) in [4.78, 5) is 8.54. The van der Waals surface area contributed by atoms with Crippen molar-refractivity contribution in [3.8, 4) is 11.4 Å². The van der Waals surface area contributed by atoms with Crippen molar-refractivity contribution in [2.24, 2.45) is 0 Å². The van der Waals surface area contributed by atoms with Gasteiger partial charge in [0.15, 0.2) is 0 Å². The predicted octanol–water partition coefficient (Wildman–Crippen LogP) is 2.58. The Labute approximate surface area is 113 Å². The summed E-state index contributed by atoms with van der Waals surface area (Å²) in [6, 6.07) is 1.92. The molecular weight excluding hydrogens is 240 g/mol. The number of aryl methyl sites for hydroxylation is 1. The normalized spacial score (nSPS) is 11.8. The van der Waals surface area contributed by atoms with E-state index in [9.17, 15) is 0 Å². The van der Waals surface area contributed by atoms with Crippen LogP contribution in [-0.2, 0) is 13.0 Å². The Bertz CT molecular complexity index is 542. The first-order valence-electron chi connectivity index (χ1n) is 6.50. The van der Waals surface area contributed by atoms with Crippen molar-refractivity contribution in [3.05, 3.63) is 29.9 Å². The van der Waals surface area contributed by atoms with E-state index in [1.165, 1.54) is 0 Å². The van der Waals surface area contributed by atoms with Crippen LogP contribution in [0.3, 0.4) is 0 Å². The summed E-state index contributed by atoms with van der Waals surface area (Å²) < 4.78 is 5.27. The molecule has 0 spiro atoms. The molecule has 1 N–H and O–H groups in total. The molecule has 0 unspecified atom stereocenters. The topological polar surface area (TPSA) is 63.8 Å². The Morgan fingerprint density at radius 1 is 1.32 bits per heavy atom. The van der Waals surface area contributed by atoms with Crippen LogP contribution in [-0.4, -0.2) is 20.7 Å². The summed E-state index contributed by atoms with van der Waals surface area (Å²) in [7, 11) is 0. The van der Waals surface area contributed by atoms with Gasteiger partial charge in [0.1, 0.15) is 0 Å². The summed E-state index contributed by atoms with van der Waals surface area (Å²) in [5.41, 5.74) is 2.14. The van der Waals surface area contributed by atoms with E-state index in [0.717, 1.165) is 17.5 Å². The van der Waals surface area contributed by atoms with Crippen LogP contribution in [0, 0.1) is 0 Å². The van der Waals surface area contributed by atoms with E-state index in [-0.39, 0.29) is 5.54 Å². The molecule has 19 heavy (non-hydrogen) atoms. The standard InChI is InChI=1S/C14H20N4O/c1-5-10-8-15-7-6-11(10)13-17-12(19-18-13)9-16-14(2,3)4/h6-8,16H,5,9H2,1-4H3. The smallest absolute Gasteiger partial charge is 0.240 e. The molecule has 0 aliphatic heterocycles. The van der Waals surface area contributed by atoms with Crippen LogP contribution < -0.4 is 5.32 Å². The lowest BCUT2D eigenvalue weighted by atomic mass is 10.1. The van der Waals surface area contributed by atoms with Gasteiger partial charge in [-0.15, -0.1) is 0 Å². The third-order valence-electron chi connectivity index (χ3n) is 2.76. The monoisotopic (exact) mass is 260 g/mol. The third kappa shape index (κ3) is 3.61. The first kappa shape index (κ1) is 13.7. The van der Waals surface area contributed by atoms with E-state index in [1.54, 1.807) is 6.20 Å². The number of rotatable bonds is 4. The van der Waals surface area contributed by atoms with Crippen LogP contribution in [0.25, 0.3) is 11.4 Å². The van der Waals surface area contributed by atoms with Gasteiger partial charge >= 0.3 is 0 Å². The average Bonchev–Trinajstić information content (AvgIpc) is 2.84. The maximum atomic E-state index is 5.27. The number of nitrogens with zero attached hydrogens (tertiary/aromatic N) is 3. The van der Waals surface area contributed by atoms with E-state index in [4.69, 9.17) is 4.52 Å². The maximum Gasteiger partial charge on any atom is 0.240 e. The zero-order chi connectivity index (χ0) is 13.9. The second kappa shape index (κ2) is 5.48. The van der Waals surface area contributed by atoms with Gasteiger partial charge in [-0.3, -0.25) is 4.98 Å². The number of hydrogen-bond donors (Lipinski definition) is 1. The maximum absolute atomic E-state index is 5.27. The van der Waals surface area contributed by atoms with Gasteiger partial charge in [-0.1, -0.05) is 12.1 Å². The molecule has 0 fully saturated rings. The molecule has 0 aromatic carbocycles. The lowest BCUT2D eigenvalue weighted by Gasteiger charge is -2.18. The SMILES string of the molecule is CCc1cnccc1-c1noc(CNC(C)(C)C)n1. The van der Waals surface area contributed by atoms with Crippen molar-refractivity contribution >= 4 is 0 Å². The Hall–Kier alpha value is -1.75. The van der Waals surface area contributed by atoms with Crippen molar-refractivity contribution in [1.29, 1.82) is 0 Å². The summed E-state index contributed by atoms with van der Waals surface area (Å²) >= 11 is 0. The minimum atomic E-state index is 0.0277. The Balaban J connectivity index is 2.17. The van der Waals surface area contributed by atoms with Gasteiger partial charge < -0.3 is 9.84 Å². The molecule has 0 aliphatic carbocycles. The Morgan fingerprint density at radius 2 is 2.11 bits per heavy atom. The highest BCUT2D eigenvalue weighted by Gasteiger charge is 2.14. The summed E-state index contributed by atoms with van der Waals surface area (Å²) in [6.45, 7) is 8.96. The van der Waals surface area contributed by atoms with E-state index in [1.807, 2.05) is 12.3 Å².